The Kier molecular flexibility index (Phi) is 4.83. The fraction of sp³-hybridized carbons (Fsp3) is 0.632. The summed E-state index contributed by atoms with van der Waals surface area (Å²) in [5.41, 5.74) is 1.37. The summed E-state index contributed by atoms with van der Waals surface area (Å²) in [6.45, 7) is 4.67. The van der Waals surface area contributed by atoms with E-state index in [1.165, 1.54) is 5.56 Å². The molecule has 2 atom stereocenters. The van der Waals surface area contributed by atoms with Crippen LogP contribution in [-0.2, 0) is 20.7 Å². The molecule has 5 nitrogen and oxygen atoms in total. The van der Waals surface area contributed by atoms with Gasteiger partial charge in [0.15, 0.2) is 0 Å². The summed E-state index contributed by atoms with van der Waals surface area (Å²) in [5.74, 6) is 0.160. The molecular weight excluding hydrogens is 304 g/mol. The number of morpholine rings is 1. The fourth-order valence-electron chi connectivity index (χ4n) is 4.25. The van der Waals surface area contributed by atoms with Gasteiger partial charge < -0.3 is 14.4 Å². The summed E-state index contributed by atoms with van der Waals surface area (Å²) in [6.07, 6.45) is 3.13. The standard InChI is InChI=1S/C19H26N2O3/c22-19-14-24-18-13-20(9-6-15-4-2-1-3-5-15)12-17(18)21(19)16-7-10-23-11-8-16/h1-5,16-18H,6-14H2/t17-,18-/m0/s1. The molecule has 3 fully saturated rings. The van der Waals surface area contributed by atoms with Gasteiger partial charge in [0.2, 0.25) is 5.91 Å². The highest BCUT2D eigenvalue weighted by Gasteiger charge is 2.45. The van der Waals surface area contributed by atoms with E-state index in [2.05, 4.69) is 40.1 Å². The van der Waals surface area contributed by atoms with Crippen molar-refractivity contribution in [2.45, 2.75) is 37.5 Å². The Hall–Kier alpha value is -1.43. The normalized spacial score (nSPS) is 29.0. The van der Waals surface area contributed by atoms with Crippen molar-refractivity contribution >= 4 is 5.91 Å². The Morgan fingerprint density at radius 1 is 1.08 bits per heavy atom. The number of hydrogen-bond donors (Lipinski definition) is 0. The number of rotatable bonds is 4. The van der Waals surface area contributed by atoms with Gasteiger partial charge in [0.25, 0.3) is 0 Å². The molecule has 130 valence electrons. The predicted octanol–water partition coefficient (Wildman–Crippen LogP) is 1.32. The monoisotopic (exact) mass is 330 g/mol. The summed E-state index contributed by atoms with van der Waals surface area (Å²) < 4.78 is 11.3. The third-order valence-electron chi connectivity index (χ3n) is 5.52. The molecule has 5 heteroatoms. The first-order chi connectivity index (χ1) is 11.8. The zero-order valence-corrected chi connectivity index (χ0v) is 14.1. The number of likely N-dealkylation sites (tertiary alicyclic amines) is 1. The maximum absolute atomic E-state index is 12.5. The van der Waals surface area contributed by atoms with Crippen molar-refractivity contribution in [1.82, 2.24) is 9.80 Å². The number of carbonyl (C=O) groups is 1. The molecule has 0 saturated carbocycles. The van der Waals surface area contributed by atoms with Crippen molar-refractivity contribution in [3.05, 3.63) is 35.9 Å². The van der Waals surface area contributed by atoms with Gasteiger partial charge in [0.05, 0.1) is 12.1 Å². The molecule has 4 rings (SSSR count). The van der Waals surface area contributed by atoms with Crippen LogP contribution in [0.1, 0.15) is 18.4 Å². The molecule has 1 aromatic rings. The average molecular weight is 330 g/mol. The zero-order valence-electron chi connectivity index (χ0n) is 14.1. The van der Waals surface area contributed by atoms with Gasteiger partial charge in [-0.3, -0.25) is 9.69 Å². The molecule has 0 spiro atoms. The second kappa shape index (κ2) is 7.21. The Bertz CT molecular complexity index is 559. The molecular formula is C19H26N2O3. The Morgan fingerprint density at radius 3 is 2.67 bits per heavy atom. The van der Waals surface area contributed by atoms with E-state index in [9.17, 15) is 4.79 Å². The highest BCUT2D eigenvalue weighted by atomic mass is 16.5. The summed E-state index contributed by atoms with van der Waals surface area (Å²) in [7, 11) is 0. The van der Waals surface area contributed by atoms with Gasteiger partial charge >= 0.3 is 0 Å². The third-order valence-corrected chi connectivity index (χ3v) is 5.52. The summed E-state index contributed by atoms with van der Waals surface area (Å²) >= 11 is 0. The van der Waals surface area contributed by atoms with Crippen LogP contribution in [0.15, 0.2) is 30.3 Å². The predicted molar refractivity (Wildman–Crippen MR) is 90.8 cm³/mol. The highest BCUT2D eigenvalue weighted by molar-refractivity contribution is 5.79. The lowest BCUT2D eigenvalue weighted by atomic mass is 10.0. The molecule has 1 aromatic carbocycles. The van der Waals surface area contributed by atoms with E-state index in [1.54, 1.807) is 0 Å². The lowest BCUT2D eigenvalue weighted by Crippen LogP contribution is -2.58. The molecule has 0 unspecified atom stereocenters. The van der Waals surface area contributed by atoms with Crippen LogP contribution in [0.25, 0.3) is 0 Å². The Balaban J connectivity index is 1.39. The van der Waals surface area contributed by atoms with E-state index in [4.69, 9.17) is 9.47 Å². The number of amides is 1. The highest BCUT2D eigenvalue weighted by Crippen LogP contribution is 2.28. The quantitative estimate of drug-likeness (QED) is 0.835. The Morgan fingerprint density at radius 2 is 1.88 bits per heavy atom. The minimum atomic E-state index is 0.160. The van der Waals surface area contributed by atoms with Crippen LogP contribution in [0.5, 0.6) is 0 Å². The maximum atomic E-state index is 12.5. The summed E-state index contributed by atoms with van der Waals surface area (Å²) in [6, 6.07) is 11.1. The van der Waals surface area contributed by atoms with Gasteiger partial charge in [-0.05, 0) is 24.8 Å². The summed E-state index contributed by atoms with van der Waals surface area (Å²) in [4.78, 5) is 17.1. The number of fused-ring (bicyclic) bond motifs is 1. The average Bonchev–Trinajstić information content (AvgIpc) is 3.04. The minimum Gasteiger partial charge on any atom is -0.381 e. The van der Waals surface area contributed by atoms with Crippen LogP contribution >= 0.6 is 0 Å². The molecule has 3 aliphatic heterocycles. The first kappa shape index (κ1) is 16.1. The van der Waals surface area contributed by atoms with Crippen LogP contribution in [-0.4, -0.2) is 73.3 Å². The zero-order chi connectivity index (χ0) is 16.4. The lowest BCUT2D eigenvalue weighted by molar-refractivity contribution is -0.159. The van der Waals surface area contributed by atoms with Crippen molar-refractivity contribution < 1.29 is 14.3 Å². The number of ether oxygens (including phenoxy) is 2. The smallest absolute Gasteiger partial charge is 0.249 e. The second-order valence-electron chi connectivity index (χ2n) is 7.06. The third kappa shape index (κ3) is 3.34. The van der Waals surface area contributed by atoms with Crippen LogP contribution in [0.3, 0.4) is 0 Å². The van der Waals surface area contributed by atoms with Gasteiger partial charge in [-0.1, -0.05) is 30.3 Å². The molecule has 1 amide bonds. The molecule has 3 saturated heterocycles. The molecule has 0 aromatic heterocycles. The molecule has 0 N–H and O–H groups in total. The Labute approximate surface area is 143 Å². The number of benzene rings is 1. The van der Waals surface area contributed by atoms with Crippen molar-refractivity contribution in [2.75, 3.05) is 39.5 Å². The molecule has 24 heavy (non-hydrogen) atoms. The number of nitrogens with zero attached hydrogens (tertiary/aromatic N) is 2. The first-order valence-corrected chi connectivity index (χ1v) is 9.08. The van der Waals surface area contributed by atoms with E-state index in [1.807, 2.05) is 0 Å². The molecule has 0 bridgehead atoms. The van der Waals surface area contributed by atoms with Crippen molar-refractivity contribution in [3.8, 4) is 0 Å². The van der Waals surface area contributed by atoms with Gasteiger partial charge in [0, 0.05) is 38.9 Å². The molecule has 0 radical (unpaired) electrons. The molecule has 0 aliphatic carbocycles. The molecule has 3 aliphatic rings. The second-order valence-corrected chi connectivity index (χ2v) is 7.06. The van der Waals surface area contributed by atoms with Gasteiger partial charge in [-0.2, -0.15) is 0 Å². The number of carbonyl (C=O) groups excluding carboxylic acids is 1. The van der Waals surface area contributed by atoms with Crippen molar-refractivity contribution in [2.24, 2.45) is 0 Å². The lowest BCUT2D eigenvalue weighted by Gasteiger charge is -2.43. The topological polar surface area (TPSA) is 42.0 Å². The van der Waals surface area contributed by atoms with Gasteiger partial charge in [-0.25, -0.2) is 0 Å². The van der Waals surface area contributed by atoms with E-state index in [0.29, 0.717) is 6.04 Å². The van der Waals surface area contributed by atoms with E-state index in [-0.39, 0.29) is 24.7 Å². The van der Waals surface area contributed by atoms with E-state index < -0.39 is 0 Å². The van der Waals surface area contributed by atoms with Crippen molar-refractivity contribution in [3.63, 3.8) is 0 Å². The summed E-state index contributed by atoms with van der Waals surface area (Å²) in [5, 5.41) is 0. The van der Waals surface area contributed by atoms with Crippen LogP contribution in [0.4, 0.5) is 0 Å². The largest absolute Gasteiger partial charge is 0.381 e. The van der Waals surface area contributed by atoms with E-state index in [0.717, 1.165) is 52.1 Å². The number of hydrogen-bond acceptors (Lipinski definition) is 4. The van der Waals surface area contributed by atoms with Crippen LogP contribution < -0.4 is 0 Å². The fourth-order valence-corrected chi connectivity index (χ4v) is 4.25. The maximum Gasteiger partial charge on any atom is 0.249 e. The van der Waals surface area contributed by atoms with Gasteiger partial charge in [0.1, 0.15) is 6.61 Å². The van der Waals surface area contributed by atoms with Gasteiger partial charge in [-0.15, -0.1) is 0 Å². The van der Waals surface area contributed by atoms with E-state index >= 15 is 0 Å². The van der Waals surface area contributed by atoms with Crippen LogP contribution in [0, 0.1) is 0 Å². The minimum absolute atomic E-state index is 0.160. The van der Waals surface area contributed by atoms with Crippen molar-refractivity contribution in [1.29, 1.82) is 0 Å². The van der Waals surface area contributed by atoms with Crippen LogP contribution in [0.2, 0.25) is 0 Å². The first-order valence-electron chi connectivity index (χ1n) is 9.08. The molecule has 3 heterocycles. The SMILES string of the molecule is O=C1CO[C@H]2CN(CCc3ccccc3)C[C@@H]2N1C1CCOCC1.